The quantitative estimate of drug-likeness (QED) is 0.786. The standard InChI is InChI=1S/C16H25NS2/c1-13-12-15(19-14(13)2)16(6-10-18-11-7-16)17-8-4-3-5-9-17/h12H,3-11H2,1-2H3. The molecule has 2 aliphatic rings. The average molecular weight is 296 g/mol. The summed E-state index contributed by atoms with van der Waals surface area (Å²) in [6.07, 6.45) is 6.95. The van der Waals surface area contributed by atoms with Gasteiger partial charge in [-0.2, -0.15) is 11.8 Å². The normalized spacial score (nSPS) is 24.5. The first-order chi connectivity index (χ1) is 9.22. The van der Waals surface area contributed by atoms with Crippen LogP contribution in [0.5, 0.6) is 0 Å². The van der Waals surface area contributed by atoms with E-state index in [1.165, 1.54) is 67.1 Å². The minimum absolute atomic E-state index is 0.384. The van der Waals surface area contributed by atoms with Crippen molar-refractivity contribution >= 4 is 23.1 Å². The summed E-state index contributed by atoms with van der Waals surface area (Å²) in [5.41, 5.74) is 1.88. The van der Waals surface area contributed by atoms with Crippen LogP contribution in [0, 0.1) is 13.8 Å². The molecule has 106 valence electrons. The Morgan fingerprint density at radius 2 is 1.74 bits per heavy atom. The van der Waals surface area contributed by atoms with E-state index >= 15 is 0 Å². The fourth-order valence-electron chi connectivity index (χ4n) is 3.55. The number of hydrogen-bond acceptors (Lipinski definition) is 3. The summed E-state index contributed by atoms with van der Waals surface area (Å²) >= 11 is 4.21. The van der Waals surface area contributed by atoms with Crippen LogP contribution in [-0.2, 0) is 5.54 Å². The molecule has 0 spiro atoms. The van der Waals surface area contributed by atoms with Gasteiger partial charge in [0.2, 0.25) is 0 Å². The van der Waals surface area contributed by atoms with Crippen molar-refractivity contribution in [2.24, 2.45) is 0 Å². The third kappa shape index (κ3) is 2.62. The number of hydrogen-bond donors (Lipinski definition) is 0. The van der Waals surface area contributed by atoms with Crippen molar-refractivity contribution in [3.63, 3.8) is 0 Å². The second-order valence-electron chi connectivity index (χ2n) is 6.04. The Morgan fingerprint density at radius 3 is 2.32 bits per heavy atom. The Morgan fingerprint density at radius 1 is 1.05 bits per heavy atom. The molecule has 0 saturated carbocycles. The van der Waals surface area contributed by atoms with Crippen LogP contribution in [0.3, 0.4) is 0 Å². The van der Waals surface area contributed by atoms with Crippen LogP contribution in [0.4, 0.5) is 0 Å². The largest absolute Gasteiger partial charge is 0.293 e. The highest BCUT2D eigenvalue weighted by Crippen LogP contribution is 2.45. The molecule has 0 radical (unpaired) electrons. The zero-order valence-corrected chi connectivity index (χ0v) is 13.8. The summed E-state index contributed by atoms with van der Waals surface area (Å²) in [5.74, 6) is 2.68. The van der Waals surface area contributed by atoms with Gasteiger partial charge < -0.3 is 0 Å². The van der Waals surface area contributed by atoms with E-state index in [0.717, 1.165) is 0 Å². The molecule has 1 nitrogen and oxygen atoms in total. The minimum Gasteiger partial charge on any atom is -0.293 e. The Bertz CT molecular complexity index is 406. The van der Waals surface area contributed by atoms with Gasteiger partial charge in [0.1, 0.15) is 0 Å². The summed E-state index contributed by atoms with van der Waals surface area (Å²) in [6.45, 7) is 7.20. The van der Waals surface area contributed by atoms with Crippen molar-refractivity contribution in [3.8, 4) is 0 Å². The molecule has 2 aliphatic heterocycles. The number of piperidine rings is 1. The summed E-state index contributed by atoms with van der Waals surface area (Å²) in [5, 5.41) is 0. The predicted octanol–water partition coefficient (Wildman–Crippen LogP) is 4.57. The molecule has 0 bridgehead atoms. The van der Waals surface area contributed by atoms with Crippen LogP contribution >= 0.6 is 23.1 Å². The molecule has 3 heteroatoms. The van der Waals surface area contributed by atoms with Crippen LogP contribution in [0.2, 0.25) is 0 Å². The van der Waals surface area contributed by atoms with E-state index in [4.69, 9.17) is 0 Å². The lowest BCUT2D eigenvalue weighted by Crippen LogP contribution is -2.50. The molecular weight excluding hydrogens is 270 g/mol. The molecule has 2 fully saturated rings. The van der Waals surface area contributed by atoms with Crippen molar-refractivity contribution in [2.75, 3.05) is 24.6 Å². The van der Waals surface area contributed by atoms with E-state index in [-0.39, 0.29) is 0 Å². The zero-order valence-electron chi connectivity index (χ0n) is 12.2. The number of aryl methyl sites for hydroxylation is 2. The van der Waals surface area contributed by atoms with Crippen LogP contribution in [0.1, 0.15) is 47.4 Å². The summed E-state index contributed by atoms with van der Waals surface area (Å²) in [7, 11) is 0. The number of thiophene rings is 1. The van der Waals surface area contributed by atoms with Gasteiger partial charge in [-0.3, -0.25) is 4.90 Å². The first-order valence-corrected chi connectivity index (χ1v) is 9.60. The van der Waals surface area contributed by atoms with Gasteiger partial charge in [-0.05, 0) is 75.8 Å². The fraction of sp³-hybridized carbons (Fsp3) is 0.750. The second kappa shape index (κ2) is 5.79. The molecule has 3 rings (SSSR count). The van der Waals surface area contributed by atoms with E-state index < -0.39 is 0 Å². The maximum atomic E-state index is 2.83. The number of nitrogens with zero attached hydrogens (tertiary/aromatic N) is 1. The first kappa shape index (κ1) is 14.0. The lowest BCUT2D eigenvalue weighted by molar-refractivity contribution is 0.0582. The molecule has 19 heavy (non-hydrogen) atoms. The van der Waals surface area contributed by atoms with Crippen LogP contribution < -0.4 is 0 Å². The monoisotopic (exact) mass is 295 g/mol. The van der Waals surface area contributed by atoms with Crippen LogP contribution in [0.15, 0.2) is 6.07 Å². The molecule has 1 aromatic rings. The highest BCUT2D eigenvalue weighted by molar-refractivity contribution is 7.99. The molecule has 0 amide bonds. The van der Waals surface area contributed by atoms with Crippen molar-refractivity contribution in [2.45, 2.75) is 51.5 Å². The van der Waals surface area contributed by atoms with E-state index in [1.807, 2.05) is 0 Å². The van der Waals surface area contributed by atoms with Crippen molar-refractivity contribution < 1.29 is 0 Å². The molecule has 0 aromatic carbocycles. The van der Waals surface area contributed by atoms with Gasteiger partial charge in [-0.1, -0.05) is 6.42 Å². The summed E-state index contributed by atoms with van der Waals surface area (Å²) in [4.78, 5) is 6.01. The molecule has 0 atom stereocenters. The summed E-state index contributed by atoms with van der Waals surface area (Å²) in [6, 6.07) is 2.49. The molecule has 0 unspecified atom stereocenters. The average Bonchev–Trinajstić information content (AvgIpc) is 2.81. The Balaban J connectivity index is 1.95. The highest BCUT2D eigenvalue weighted by atomic mass is 32.2. The Kier molecular flexibility index (Phi) is 4.25. The maximum absolute atomic E-state index is 2.83. The molecular formula is C16H25NS2. The van der Waals surface area contributed by atoms with Gasteiger partial charge in [0.15, 0.2) is 0 Å². The fourth-order valence-corrected chi connectivity index (χ4v) is 6.03. The lowest BCUT2D eigenvalue weighted by Gasteiger charge is -2.47. The number of rotatable bonds is 2. The third-order valence-corrected chi connectivity index (χ3v) is 7.24. The number of thioether (sulfide) groups is 1. The van der Waals surface area contributed by atoms with Gasteiger partial charge in [0.05, 0.1) is 5.54 Å². The predicted molar refractivity (Wildman–Crippen MR) is 87.5 cm³/mol. The smallest absolute Gasteiger partial charge is 0.0569 e. The van der Waals surface area contributed by atoms with Gasteiger partial charge >= 0.3 is 0 Å². The Labute approximate surface area is 125 Å². The first-order valence-electron chi connectivity index (χ1n) is 7.63. The third-order valence-electron chi connectivity index (χ3n) is 4.91. The topological polar surface area (TPSA) is 3.24 Å². The van der Waals surface area contributed by atoms with E-state index in [9.17, 15) is 0 Å². The molecule has 2 saturated heterocycles. The second-order valence-corrected chi connectivity index (χ2v) is 8.52. The lowest BCUT2D eigenvalue weighted by atomic mass is 9.86. The van der Waals surface area contributed by atoms with Gasteiger partial charge in [-0.25, -0.2) is 0 Å². The van der Waals surface area contributed by atoms with Crippen LogP contribution in [0.25, 0.3) is 0 Å². The van der Waals surface area contributed by atoms with Crippen LogP contribution in [-0.4, -0.2) is 29.5 Å². The number of likely N-dealkylation sites (tertiary alicyclic amines) is 1. The van der Waals surface area contributed by atoms with Gasteiger partial charge in [0, 0.05) is 9.75 Å². The summed E-state index contributed by atoms with van der Waals surface area (Å²) < 4.78 is 0. The highest BCUT2D eigenvalue weighted by Gasteiger charge is 2.41. The maximum Gasteiger partial charge on any atom is 0.0569 e. The van der Waals surface area contributed by atoms with E-state index in [2.05, 4.69) is 47.9 Å². The van der Waals surface area contributed by atoms with E-state index in [0.29, 0.717) is 5.54 Å². The van der Waals surface area contributed by atoms with Gasteiger partial charge in [0.25, 0.3) is 0 Å². The van der Waals surface area contributed by atoms with Crippen molar-refractivity contribution in [1.82, 2.24) is 4.90 Å². The Hall–Kier alpha value is 0.01000. The molecule has 0 N–H and O–H groups in total. The van der Waals surface area contributed by atoms with Gasteiger partial charge in [-0.15, -0.1) is 11.3 Å². The minimum atomic E-state index is 0.384. The zero-order chi connectivity index (χ0) is 13.3. The SMILES string of the molecule is Cc1cc(C2(N3CCCCC3)CCSCC2)sc1C. The molecule has 0 aliphatic carbocycles. The molecule has 3 heterocycles. The molecule has 1 aromatic heterocycles. The van der Waals surface area contributed by atoms with Crippen molar-refractivity contribution in [3.05, 3.63) is 21.4 Å². The van der Waals surface area contributed by atoms with E-state index in [1.54, 1.807) is 4.88 Å². The van der Waals surface area contributed by atoms with Crippen molar-refractivity contribution in [1.29, 1.82) is 0 Å².